The quantitative estimate of drug-likeness (QED) is 0.255. The van der Waals surface area contributed by atoms with Crippen LogP contribution < -0.4 is 25.9 Å². The number of carbonyl (C=O) groups excluding carboxylic acids is 1. The van der Waals surface area contributed by atoms with Gasteiger partial charge >= 0.3 is 194 Å². The van der Waals surface area contributed by atoms with Gasteiger partial charge in [-0.1, -0.05) is 0 Å². The van der Waals surface area contributed by atoms with Gasteiger partial charge in [-0.25, -0.2) is 0 Å². The SMILES string of the molecule is O=C(c1cc(F)ccc1-n1nccn1)N1C2CC[C@H](COc3ccc(F)cn3)C1CC[I-]2. The average molecular weight is 552 g/mol. The summed E-state index contributed by atoms with van der Waals surface area (Å²) in [7, 11) is 0. The number of fused-ring (bicyclic) bond motifs is 2. The van der Waals surface area contributed by atoms with Gasteiger partial charge in [-0.05, 0) is 0 Å². The van der Waals surface area contributed by atoms with Gasteiger partial charge in [0.2, 0.25) is 0 Å². The van der Waals surface area contributed by atoms with Crippen LogP contribution in [0, 0.1) is 17.6 Å². The zero-order valence-electron chi connectivity index (χ0n) is 17.1. The Morgan fingerprint density at radius 3 is 2.69 bits per heavy atom. The number of aromatic nitrogens is 4. The average Bonchev–Trinajstić information content (AvgIpc) is 3.33. The molecule has 1 aromatic carbocycles. The number of piperidine rings is 1. The van der Waals surface area contributed by atoms with Gasteiger partial charge < -0.3 is 0 Å². The molecule has 32 heavy (non-hydrogen) atoms. The monoisotopic (exact) mass is 552 g/mol. The van der Waals surface area contributed by atoms with E-state index in [9.17, 15) is 13.6 Å². The molecule has 3 atom stereocenters. The van der Waals surface area contributed by atoms with E-state index in [1.54, 1.807) is 0 Å². The molecule has 0 aliphatic carbocycles. The van der Waals surface area contributed by atoms with Crippen LogP contribution in [0.5, 0.6) is 5.88 Å². The van der Waals surface area contributed by atoms with Crippen molar-refractivity contribution in [3.63, 3.8) is 0 Å². The van der Waals surface area contributed by atoms with Gasteiger partial charge in [0, 0.05) is 0 Å². The molecule has 0 radical (unpaired) electrons. The molecule has 7 nitrogen and oxygen atoms in total. The molecule has 5 rings (SSSR count). The maximum absolute atomic E-state index is 14.2. The predicted molar refractivity (Wildman–Crippen MR) is 107 cm³/mol. The van der Waals surface area contributed by atoms with Gasteiger partial charge in [0.15, 0.2) is 0 Å². The number of alkyl halides is 2. The minimum atomic E-state index is -0.469. The van der Waals surface area contributed by atoms with E-state index >= 15 is 0 Å². The summed E-state index contributed by atoms with van der Waals surface area (Å²) in [5.74, 6) is -0.569. The number of carbonyl (C=O) groups is 1. The number of amides is 1. The van der Waals surface area contributed by atoms with Gasteiger partial charge in [0.05, 0.1) is 0 Å². The Morgan fingerprint density at radius 1 is 1.09 bits per heavy atom. The number of hydrogen-bond acceptors (Lipinski definition) is 5. The molecular formula is C22H21F2IN5O2-. The zero-order chi connectivity index (χ0) is 22.1. The molecule has 2 aliphatic heterocycles. The van der Waals surface area contributed by atoms with E-state index in [2.05, 4.69) is 15.2 Å². The summed E-state index contributed by atoms with van der Waals surface area (Å²) in [6.07, 6.45) is 6.94. The molecule has 10 heteroatoms. The Bertz CT molecular complexity index is 1100. The van der Waals surface area contributed by atoms with Crippen molar-refractivity contribution in [2.24, 2.45) is 5.92 Å². The molecule has 0 spiro atoms. The van der Waals surface area contributed by atoms with Crippen molar-refractivity contribution in [2.75, 3.05) is 11.0 Å². The molecule has 2 aromatic heterocycles. The van der Waals surface area contributed by atoms with Gasteiger partial charge in [-0.15, -0.1) is 0 Å². The Balaban J connectivity index is 1.40. The van der Waals surface area contributed by atoms with Crippen LogP contribution in [0.25, 0.3) is 5.69 Å². The third kappa shape index (κ3) is 4.19. The van der Waals surface area contributed by atoms with Crippen molar-refractivity contribution in [3.8, 4) is 11.6 Å². The van der Waals surface area contributed by atoms with Crippen LogP contribution in [0.4, 0.5) is 8.78 Å². The fraction of sp³-hybridized carbons (Fsp3) is 0.364. The van der Waals surface area contributed by atoms with Crippen LogP contribution in [-0.2, 0) is 0 Å². The van der Waals surface area contributed by atoms with Crippen LogP contribution in [0.3, 0.4) is 0 Å². The van der Waals surface area contributed by atoms with Crippen LogP contribution >= 0.6 is 0 Å². The van der Waals surface area contributed by atoms with E-state index in [1.807, 2.05) is 4.90 Å². The number of hydrogen-bond donors (Lipinski definition) is 0. The first-order chi connectivity index (χ1) is 15.6. The summed E-state index contributed by atoms with van der Waals surface area (Å²) in [4.78, 5) is 21.0. The second-order valence-corrected chi connectivity index (χ2v) is 11.2. The van der Waals surface area contributed by atoms with Crippen molar-refractivity contribution in [3.05, 3.63) is 66.1 Å². The number of halogens is 3. The minimum absolute atomic E-state index is 0.0110. The number of ether oxygens (including phenoxy) is 1. The molecule has 2 unspecified atom stereocenters. The van der Waals surface area contributed by atoms with Crippen LogP contribution in [-0.4, -0.2) is 51.9 Å². The molecule has 1 amide bonds. The van der Waals surface area contributed by atoms with Crippen LogP contribution in [0.2, 0.25) is 0 Å². The predicted octanol–water partition coefficient (Wildman–Crippen LogP) is 0.0591. The third-order valence-corrected chi connectivity index (χ3v) is 9.36. The van der Waals surface area contributed by atoms with Crippen molar-refractivity contribution >= 4 is 5.91 Å². The molecule has 168 valence electrons. The first-order valence-corrected chi connectivity index (χ1v) is 13.2. The zero-order valence-corrected chi connectivity index (χ0v) is 19.2. The summed E-state index contributed by atoms with van der Waals surface area (Å²) < 4.78 is 34.5. The van der Waals surface area contributed by atoms with Crippen LogP contribution in [0.15, 0.2) is 48.9 Å². The Morgan fingerprint density at radius 2 is 1.91 bits per heavy atom. The molecule has 4 heterocycles. The molecule has 3 aromatic rings. The van der Waals surface area contributed by atoms with Crippen molar-refractivity contribution < 1.29 is 39.5 Å². The normalized spacial score (nSPS) is 22.8. The van der Waals surface area contributed by atoms with E-state index in [0.29, 0.717) is 18.2 Å². The fourth-order valence-electron chi connectivity index (χ4n) is 4.39. The summed E-state index contributed by atoms with van der Waals surface area (Å²) >= 11 is -0.156. The van der Waals surface area contributed by atoms with Crippen molar-refractivity contribution in [2.45, 2.75) is 29.4 Å². The van der Waals surface area contributed by atoms with E-state index in [1.165, 1.54) is 47.5 Å². The van der Waals surface area contributed by atoms with Gasteiger partial charge in [-0.2, -0.15) is 0 Å². The van der Waals surface area contributed by atoms with Gasteiger partial charge in [0.25, 0.3) is 0 Å². The number of benzene rings is 1. The van der Waals surface area contributed by atoms with E-state index in [0.717, 1.165) is 29.9 Å². The molecule has 2 bridgehead atoms. The molecular weight excluding hydrogens is 531 g/mol. The number of rotatable bonds is 5. The Hall–Kier alpha value is -2.63. The summed E-state index contributed by atoms with van der Waals surface area (Å²) in [5.41, 5.74) is 0.732. The van der Waals surface area contributed by atoms with Crippen LogP contribution in [0.1, 0.15) is 29.6 Å². The summed E-state index contributed by atoms with van der Waals surface area (Å²) in [6, 6.07) is 6.96. The summed E-state index contributed by atoms with van der Waals surface area (Å²) in [6.45, 7) is 0.398. The van der Waals surface area contributed by atoms with Crippen molar-refractivity contribution in [1.82, 2.24) is 24.9 Å². The molecule has 0 N–H and O–H groups in total. The van der Waals surface area contributed by atoms with E-state index in [-0.39, 0.29) is 48.7 Å². The first-order valence-electron chi connectivity index (χ1n) is 10.4. The van der Waals surface area contributed by atoms with Gasteiger partial charge in [-0.3, -0.25) is 0 Å². The first kappa shape index (κ1) is 21.2. The van der Waals surface area contributed by atoms with E-state index in [4.69, 9.17) is 4.74 Å². The second-order valence-electron chi connectivity index (χ2n) is 7.79. The molecule has 2 aliphatic rings. The van der Waals surface area contributed by atoms with Crippen molar-refractivity contribution in [1.29, 1.82) is 0 Å². The summed E-state index contributed by atoms with van der Waals surface area (Å²) in [5, 5.41) is 8.25. The third-order valence-electron chi connectivity index (χ3n) is 5.87. The standard InChI is InChI=1S/C22H21F2IN5O2/c23-15-2-4-19(30-27-9-10-28-30)17(11-15)22(31)29-18-7-8-25-20(29)5-1-14(18)13-32-21-6-3-16(24)12-26-21/h2-4,6,9-12,14,18,20H,1,5,7-8,13H2/q-1/t14-,18?,20?/m1/s1. The Labute approximate surface area is 194 Å². The van der Waals surface area contributed by atoms with E-state index < -0.39 is 11.6 Å². The maximum atomic E-state index is 14.2. The van der Waals surface area contributed by atoms with Gasteiger partial charge in [0.1, 0.15) is 0 Å². The second kappa shape index (κ2) is 9.08. The molecule has 2 fully saturated rings. The molecule has 0 saturated carbocycles. The molecule has 2 saturated heterocycles. The Kier molecular flexibility index (Phi) is 6.03. The fourth-order valence-corrected chi connectivity index (χ4v) is 8.00. The number of pyridine rings is 1. The number of nitrogens with zero attached hydrogens (tertiary/aromatic N) is 5. The topological polar surface area (TPSA) is 73.1 Å².